The normalized spacial score (nSPS) is 9.79. The molecule has 2 amide bonds. The van der Waals surface area contributed by atoms with Crippen molar-refractivity contribution < 1.29 is 9.59 Å². The van der Waals surface area contributed by atoms with Gasteiger partial charge in [-0.3, -0.25) is 9.59 Å². The minimum Gasteiger partial charge on any atom is -0.397 e. The van der Waals surface area contributed by atoms with E-state index in [1.165, 1.54) is 0 Å². The Morgan fingerprint density at radius 1 is 1.16 bits per heavy atom. The first kappa shape index (κ1) is 14.8. The Bertz CT molecular complexity index is 460. The number of hydrogen-bond donors (Lipinski definition) is 4. The third-order valence-corrected chi connectivity index (χ3v) is 2.46. The zero-order valence-electron chi connectivity index (χ0n) is 11.2. The molecule has 1 aromatic carbocycles. The maximum Gasteiger partial charge on any atom is 0.251 e. The number of nitrogen functional groups attached to an aromatic ring is 1. The summed E-state index contributed by atoms with van der Waals surface area (Å²) in [6.45, 7) is 5.01. The molecule has 0 unspecified atom stereocenters. The summed E-state index contributed by atoms with van der Waals surface area (Å²) in [7, 11) is 0. The molecule has 0 saturated carbocycles. The average Bonchev–Trinajstić information content (AvgIpc) is 2.38. The summed E-state index contributed by atoms with van der Waals surface area (Å²) < 4.78 is 0. The smallest absolute Gasteiger partial charge is 0.251 e. The number of carbonyl (C=O) groups is 2. The SMILES string of the molecule is CCNC(=O)CNc1ccc(C(=O)NCC)cc1N. The van der Waals surface area contributed by atoms with Crippen molar-refractivity contribution in [3.63, 3.8) is 0 Å². The predicted molar refractivity (Wildman–Crippen MR) is 76.0 cm³/mol. The fourth-order valence-electron chi connectivity index (χ4n) is 1.56. The number of nitrogens with one attached hydrogen (secondary N) is 3. The molecule has 5 N–H and O–H groups in total. The number of rotatable bonds is 6. The van der Waals surface area contributed by atoms with Crippen molar-refractivity contribution >= 4 is 23.2 Å². The predicted octanol–water partition coefficient (Wildman–Crippen LogP) is 0.566. The number of hydrogen-bond acceptors (Lipinski definition) is 4. The van der Waals surface area contributed by atoms with Crippen LogP contribution in [-0.4, -0.2) is 31.4 Å². The van der Waals surface area contributed by atoms with Crippen LogP contribution in [0, 0.1) is 0 Å². The van der Waals surface area contributed by atoms with E-state index in [-0.39, 0.29) is 18.4 Å². The second kappa shape index (κ2) is 7.25. The summed E-state index contributed by atoms with van der Waals surface area (Å²) in [6.07, 6.45) is 0. The van der Waals surface area contributed by atoms with Crippen LogP contribution in [0.4, 0.5) is 11.4 Å². The average molecular weight is 264 g/mol. The molecule has 0 aliphatic heterocycles. The number of benzene rings is 1. The van der Waals surface area contributed by atoms with Gasteiger partial charge in [-0.25, -0.2) is 0 Å². The molecule has 6 heteroatoms. The lowest BCUT2D eigenvalue weighted by Gasteiger charge is -2.10. The van der Waals surface area contributed by atoms with Crippen LogP contribution in [0.2, 0.25) is 0 Å². The van der Waals surface area contributed by atoms with Crippen molar-refractivity contribution in [2.45, 2.75) is 13.8 Å². The Balaban J connectivity index is 2.67. The van der Waals surface area contributed by atoms with Gasteiger partial charge in [-0.1, -0.05) is 0 Å². The molecule has 1 rings (SSSR count). The van der Waals surface area contributed by atoms with Gasteiger partial charge < -0.3 is 21.7 Å². The Morgan fingerprint density at radius 3 is 2.42 bits per heavy atom. The lowest BCUT2D eigenvalue weighted by molar-refractivity contribution is -0.119. The van der Waals surface area contributed by atoms with E-state index in [4.69, 9.17) is 5.73 Å². The largest absolute Gasteiger partial charge is 0.397 e. The molecule has 104 valence electrons. The summed E-state index contributed by atoms with van der Waals surface area (Å²) >= 11 is 0. The maximum atomic E-state index is 11.6. The first-order chi connectivity index (χ1) is 9.08. The van der Waals surface area contributed by atoms with E-state index < -0.39 is 0 Å². The fraction of sp³-hybridized carbons (Fsp3) is 0.385. The Morgan fingerprint density at radius 2 is 1.84 bits per heavy atom. The van der Waals surface area contributed by atoms with Gasteiger partial charge in [0.25, 0.3) is 5.91 Å². The van der Waals surface area contributed by atoms with Crippen molar-refractivity contribution in [2.75, 3.05) is 30.7 Å². The van der Waals surface area contributed by atoms with Crippen molar-refractivity contribution in [3.05, 3.63) is 23.8 Å². The van der Waals surface area contributed by atoms with Gasteiger partial charge in [0.05, 0.1) is 17.9 Å². The van der Waals surface area contributed by atoms with Crippen molar-refractivity contribution in [3.8, 4) is 0 Å². The van der Waals surface area contributed by atoms with E-state index in [1.54, 1.807) is 18.2 Å². The third kappa shape index (κ3) is 4.50. The molecule has 0 bridgehead atoms. The number of anilines is 2. The van der Waals surface area contributed by atoms with Gasteiger partial charge in [0.15, 0.2) is 0 Å². The second-order valence-corrected chi connectivity index (χ2v) is 3.97. The summed E-state index contributed by atoms with van der Waals surface area (Å²) in [5.41, 5.74) is 7.42. The Labute approximate surface area is 112 Å². The van der Waals surface area contributed by atoms with Crippen molar-refractivity contribution in [1.82, 2.24) is 10.6 Å². The number of carbonyl (C=O) groups excluding carboxylic acids is 2. The molecule has 0 fully saturated rings. The molecule has 0 atom stereocenters. The lowest BCUT2D eigenvalue weighted by Crippen LogP contribution is -2.29. The van der Waals surface area contributed by atoms with E-state index in [0.29, 0.717) is 30.0 Å². The highest BCUT2D eigenvalue weighted by molar-refractivity contribution is 5.96. The zero-order valence-corrected chi connectivity index (χ0v) is 11.2. The highest BCUT2D eigenvalue weighted by Crippen LogP contribution is 2.19. The van der Waals surface area contributed by atoms with Gasteiger partial charge in [-0.15, -0.1) is 0 Å². The molecular weight excluding hydrogens is 244 g/mol. The first-order valence-electron chi connectivity index (χ1n) is 6.26. The monoisotopic (exact) mass is 264 g/mol. The quantitative estimate of drug-likeness (QED) is 0.565. The van der Waals surface area contributed by atoms with E-state index in [1.807, 2.05) is 13.8 Å². The van der Waals surface area contributed by atoms with Crippen molar-refractivity contribution in [1.29, 1.82) is 0 Å². The van der Waals surface area contributed by atoms with E-state index in [2.05, 4.69) is 16.0 Å². The molecule has 0 aliphatic rings. The lowest BCUT2D eigenvalue weighted by atomic mass is 10.1. The second-order valence-electron chi connectivity index (χ2n) is 3.97. The molecule has 6 nitrogen and oxygen atoms in total. The molecule has 0 spiro atoms. The van der Waals surface area contributed by atoms with Gasteiger partial charge in [0, 0.05) is 18.7 Å². The summed E-state index contributed by atoms with van der Waals surface area (Å²) in [4.78, 5) is 22.9. The van der Waals surface area contributed by atoms with Crippen LogP contribution < -0.4 is 21.7 Å². The molecule has 0 heterocycles. The van der Waals surface area contributed by atoms with Gasteiger partial charge >= 0.3 is 0 Å². The highest BCUT2D eigenvalue weighted by atomic mass is 16.2. The minimum absolute atomic E-state index is 0.102. The van der Waals surface area contributed by atoms with E-state index >= 15 is 0 Å². The molecule has 0 aliphatic carbocycles. The molecule has 19 heavy (non-hydrogen) atoms. The fourth-order valence-corrected chi connectivity index (χ4v) is 1.56. The third-order valence-electron chi connectivity index (χ3n) is 2.46. The van der Waals surface area contributed by atoms with Crippen molar-refractivity contribution in [2.24, 2.45) is 0 Å². The molecule has 1 aromatic rings. The van der Waals surface area contributed by atoms with Crippen LogP contribution in [0.25, 0.3) is 0 Å². The van der Waals surface area contributed by atoms with Crippen LogP contribution in [-0.2, 0) is 4.79 Å². The first-order valence-corrected chi connectivity index (χ1v) is 6.26. The standard InChI is InChI=1S/C13H20N4O2/c1-3-15-12(18)8-17-11-6-5-9(7-10(11)14)13(19)16-4-2/h5-7,17H,3-4,8,14H2,1-2H3,(H,15,18)(H,16,19). The highest BCUT2D eigenvalue weighted by Gasteiger charge is 2.07. The van der Waals surface area contributed by atoms with Crippen LogP contribution >= 0.6 is 0 Å². The van der Waals surface area contributed by atoms with Gasteiger partial charge in [0.2, 0.25) is 5.91 Å². The van der Waals surface area contributed by atoms with E-state index in [0.717, 1.165) is 0 Å². The minimum atomic E-state index is -0.163. The maximum absolute atomic E-state index is 11.6. The summed E-state index contributed by atoms with van der Waals surface area (Å²) in [6, 6.07) is 4.95. The molecule has 0 saturated heterocycles. The zero-order chi connectivity index (χ0) is 14.3. The number of amides is 2. The number of nitrogens with two attached hydrogens (primary N) is 1. The van der Waals surface area contributed by atoms with E-state index in [9.17, 15) is 9.59 Å². The Hall–Kier alpha value is -2.24. The van der Waals surface area contributed by atoms with Gasteiger partial charge in [0.1, 0.15) is 0 Å². The van der Waals surface area contributed by atoms with Gasteiger partial charge in [-0.2, -0.15) is 0 Å². The molecule has 0 aromatic heterocycles. The summed E-state index contributed by atoms with van der Waals surface area (Å²) in [5.74, 6) is -0.265. The molecule has 0 radical (unpaired) electrons. The topological polar surface area (TPSA) is 96.2 Å². The van der Waals surface area contributed by atoms with Crippen LogP contribution in [0.5, 0.6) is 0 Å². The van der Waals surface area contributed by atoms with Crippen LogP contribution in [0.1, 0.15) is 24.2 Å². The molecular formula is C13H20N4O2. The summed E-state index contributed by atoms with van der Waals surface area (Å²) in [5, 5.41) is 8.30. The number of likely N-dealkylation sites (N-methyl/N-ethyl adjacent to an activating group) is 1. The Kier molecular flexibility index (Phi) is 5.66. The van der Waals surface area contributed by atoms with Crippen LogP contribution in [0.3, 0.4) is 0 Å². The van der Waals surface area contributed by atoms with Crippen LogP contribution in [0.15, 0.2) is 18.2 Å². The van der Waals surface area contributed by atoms with Gasteiger partial charge in [-0.05, 0) is 32.0 Å².